The van der Waals surface area contributed by atoms with E-state index in [0.717, 1.165) is 57.9 Å². The molecule has 1 atom stereocenters. The minimum absolute atomic E-state index is 0.318. The van der Waals surface area contributed by atoms with E-state index in [0.29, 0.717) is 25.0 Å². The molecule has 31 heavy (non-hydrogen) atoms. The molecule has 0 radical (unpaired) electrons. The molecule has 168 valence electrons. The van der Waals surface area contributed by atoms with Crippen molar-refractivity contribution < 1.29 is 5.11 Å². The number of anilines is 1. The van der Waals surface area contributed by atoms with Crippen LogP contribution in [0.5, 0.6) is 0 Å². The average molecular weight is 425 g/mol. The van der Waals surface area contributed by atoms with Crippen LogP contribution >= 0.6 is 0 Å². The van der Waals surface area contributed by atoms with Crippen LogP contribution < -0.4 is 10.2 Å². The van der Waals surface area contributed by atoms with Gasteiger partial charge in [0.05, 0.1) is 12.7 Å². The Balaban J connectivity index is 1.35. The maximum Gasteiger partial charge on any atom is 0.194 e. The molecule has 0 saturated carbocycles. The third-order valence-electron chi connectivity index (χ3n) is 6.60. The summed E-state index contributed by atoms with van der Waals surface area (Å²) in [6.45, 7) is 8.06. The fourth-order valence-corrected chi connectivity index (χ4v) is 4.65. The van der Waals surface area contributed by atoms with Crippen LogP contribution in [0.25, 0.3) is 0 Å². The fourth-order valence-electron chi connectivity index (χ4n) is 4.65. The number of aromatic nitrogens is 2. The van der Waals surface area contributed by atoms with E-state index in [1.54, 1.807) is 0 Å². The number of hydrogen-bond acceptors (Lipinski definition) is 4. The van der Waals surface area contributed by atoms with E-state index in [1.807, 2.05) is 17.9 Å². The molecule has 2 saturated heterocycles. The highest BCUT2D eigenvalue weighted by molar-refractivity contribution is 5.80. The largest absolute Gasteiger partial charge is 0.396 e. The summed E-state index contributed by atoms with van der Waals surface area (Å²) in [5, 5.41) is 17.1. The highest BCUT2D eigenvalue weighted by atomic mass is 16.3. The quantitative estimate of drug-likeness (QED) is 0.551. The summed E-state index contributed by atoms with van der Waals surface area (Å²) in [7, 11) is 1.98. The maximum atomic E-state index is 9.34. The normalized spacial score (nSPS) is 20.5. The molecular weight excluding hydrogens is 388 g/mol. The highest BCUT2D eigenvalue weighted by Crippen LogP contribution is 2.27. The van der Waals surface area contributed by atoms with Crippen molar-refractivity contribution in [2.75, 3.05) is 44.2 Å². The number of piperidine rings is 1. The van der Waals surface area contributed by atoms with Crippen LogP contribution in [-0.4, -0.2) is 65.1 Å². The molecule has 2 N–H and O–H groups in total. The predicted octanol–water partition coefficient (Wildman–Crippen LogP) is 2.58. The van der Waals surface area contributed by atoms with Crippen LogP contribution in [0, 0.1) is 5.92 Å². The van der Waals surface area contributed by atoms with Gasteiger partial charge < -0.3 is 20.2 Å². The minimum Gasteiger partial charge on any atom is -0.396 e. The molecular formula is C24H36N6O. The van der Waals surface area contributed by atoms with E-state index in [2.05, 4.69) is 57.6 Å². The van der Waals surface area contributed by atoms with Crippen molar-refractivity contribution in [1.29, 1.82) is 0 Å². The monoisotopic (exact) mass is 424 g/mol. The van der Waals surface area contributed by atoms with Crippen molar-refractivity contribution in [3.05, 3.63) is 47.8 Å². The molecule has 7 nitrogen and oxygen atoms in total. The molecule has 4 rings (SSSR count). The molecule has 2 aromatic rings. The molecule has 1 aromatic carbocycles. The van der Waals surface area contributed by atoms with E-state index in [-0.39, 0.29) is 0 Å². The first-order chi connectivity index (χ1) is 15.2. The smallest absolute Gasteiger partial charge is 0.194 e. The lowest BCUT2D eigenvalue weighted by molar-refractivity contribution is 0.203. The predicted molar refractivity (Wildman–Crippen MR) is 125 cm³/mol. The minimum atomic E-state index is 0.318. The Labute approximate surface area is 185 Å². The van der Waals surface area contributed by atoms with Gasteiger partial charge in [0.25, 0.3) is 0 Å². The first kappa shape index (κ1) is 21.7. The summed E-state index contributed by atoms with van der Waals surface area (Å²) >= 11 is 0. The Kier molecular flexibility index (Phi) is 7.12. The molecule has 3 heterocycles. The number of guanidine groups is 1. The van der Waals surface area contributed by atoms with Gasteiger partial charge in [-0.3, -0.25) is 4.68 Å². The summed E-state index contributed by atoms with van der Waals surface area (Å²) < 4.78 is 1.88. The summed E-state index contributed by atoms with van der Waals surface area (Å²) in [4.78, 5) is 9.73. The number of aryl methyl sites for hydroxylation is 1. The van der Waals surface area contributed by atoms with Gasteiger partial charge in [0, 0.05) is 64.2 Å². The van der Waals surface area contributed by atoms with E-state index in [1.165, 1.54) is 16.8 Å². The first-order valence-corrected chi connectivity index (χ1v) is 11.6. The molecule has 2 aliphatic heterocycles. The van der Waals surface area contributed by atoms with Gasteiger partial charge in [-0.15, -0.1) is 0 Å². The number of nitrogens with one attached hydrogen (secondary N) is 1. The Morgan fingerprint density at radius 2 is 1.94 bits per heavy atom. The van der Waals surface area contributed by atoms with Gasteiger partial charge in [-0.25, -0.2) is 4.99 Å². The van der Waals surface area contributed by atoms with Crippen molar-refractivity contribution in [2.45, 2.75) is 38.6 Å². The zero-order chi connectivity index (χ0) is 21.6. The van der Waals surface area contributed by atoms with Crippen LogP contribution in [-0.2, 0) is 13.6 Å². The second kappa shape index (κ2) is 10.2. The second-order valence-corrected chi connectivity index (χ2v) is 8.83. The van der Waals surface area contributed by atoms with Crippen LogP contribution in [0.2, 0.25) is 0 Å². The Hall–Kier alpha value is -2.54. The van der Waals surface area contributed by atoms with Gasteiger partial charge in [-0.05, 0) is 55.4 Å². The van der Waals surface area contributed by atoms with Crippen molar-refractivity contribution in [1.82, 2.24) is 20.0 Å². The topological polar surface area (TPSA) is 68.9 Å². The third-order valence-corrected chi connectivity index (χ3v) is 6.60. The van der Waals surface area contributed by atoms with Gasteiger partial charge >= 0.3 is 0 Å². The van der Waals surface area contributed by atoms with Crippen LogP contribution in [0.4, 0.5) is 5.69 Å². The lowest BCUT2D eigenvalue weighted by atomic mass is 9.97. The molecule has 1 unspecified atom stereocenters. The van der Waals surface area contributed by atoms with Crippen LogP contribution in [0.1, 0.15) is 43.2 Å². The van der Waals surface area contributed by atoms with Crippen molar-refractivity contribution >= 4 is 11.6 Å². The van der Waals surface area contributed by atoms with Gasteiger partial charge in [-0.2, -0.15) is 5.10 Å². The van der Waals surface area contributed by atoms with Gasteiger partial charge in [0.1, 0.15) is 0 Å². The molecule has 0 aliphatic carbocycles. The number of likely N-dealkylation sites (tertiary alicyclic amines) is 1. The molecule has 0 bridgehead atoms. The van der Waals surface area contributed by atoms with Crippen molar-refractivity contribution in [2.24, 2.45) is 18.0 Å². The summed E-state index contributed by atoms with van der Waals surface area (Å²) in [5.41, 5.74) is 3.82. The SMILES string of the molecule is CCNC(=NCc1ccc(N2CCC(CO)CC2)cc1)N1CCC(c2cnn(C)c2)C1. The number of aliphatic imine (C=N–C) groups is 1. The van der Waals surface area contributed by atoms with Gasteiger partial charge in [-0.1, -0.05) is 12.1 Å². The molecule has 2 aliphatic rings. The Bertz CT molecular complexity index is 853. The zero-order valence-electron chi connectivity index (χ0n) is 18.9. The number of aliphatic hydroxyl groups is 1. The highest BCUT2D eigenvalue weighted by Gasteiger charge is 2.27. The molecule has 7 heteroatoms. The number of benzene rings is 1. The zero-order valence-corrected chi connectivity index (χ0v) is 18.9. The Morgan fingerprint density at radius 1 is 1.16 bits per heavy atom. The molecule has 1 aromatic heterocycles. The van der Waals surface area contributed by atoms with Crippen molar-refractivity contribution in [3.8, 4) is 0 Å². The van der Waals surface area contributed by atoms with E-state index >= 15 is 0 Å². The average Bonchev–Trinajstić information content (AvgIpc) is 3.46. The second-order valence-electron chi connectivity index (χ2n) is 8.83. The van der Waals surface area contributed by atoms with Crippen LogP contribution in [0.15, 0.2) is 41.7 Å². The third kappa shape index (κ3) is 5.39. The Morgan fingerprint density at radius 3 is 2.58 bits per heavy atom. The molecule has 0 spiro atoms. The summed E-state index contributed by atoms with van der Waals surface area (Å²) in [6, 6.07) is 8.82. The summed E-state index contributed by atoms with van der Waals surface area (Å²) in [5.74, 6) is 1.99. The lowest BCUT2D eigenvalue weighted by Crippen LogP contribution is -2.40. The molecule has 0 amide bonds. The lowest BCUT2D eigenvalue weighted by Gasteiger charge is -2.32. The van der Waals surface area contributed by atoms with E-state index in [9.17, 15) is 5.11 Å². The summed E-state index contributed by atoms with van der Waals surface area (Å²) in [6.07, 6.45) is 7.41. The maximum absolute atomic E-state index is 9.34. The first-order valence-electron chi connectivity index (χ1n) is 11.6. The van der Waals surface area contributed by atoms with Crippen LogP contribution in [0.3, 0.4) is 0 Å². The van der Waals surface area contributed by atoms with Gasteiger partial charge in [0.2, 0.25) is 0 Å². The standard InChI is InChI=1S/C24H36N6O/c1-3-25-24(30-13-10-21(17-30)22-15-27-28(2)16-22)26-14-19-4-6-23(7-5-19)29-11-8-20(18-31)9-12-29/h4-7,15-16,20-21,31H,3,8-14,17-18H2,1-2H3,(H,25,26). The van der Waals surface area contributed by atoms with Crippen molar-refractivity contribution in [3.63, 3.8) is 0 Å². The number of rotatable bonds is 6. The van der Waals surface area contributed by atoms with Gasteiger partial charge in [0.15, 0.2) is 5.96 Å². The number of nitrogens with zero attached hydrogens (tertiary/aromatic N) is 5. The number of hydrogen-bond donors (Lipinski definition) is 2. The fraction of sp³-hybridized carbons (Fsp3) is 0.583. The van der Waals surface area contributed by atoms with E-state index < -0.39 is 0 Å². The molecule has 2 fully saturated rings. The number of aliphatic hydroxyl groups excluding tert-OH is 1. The van der Waals surface area contributed by atoms with E-state index in [4.69, 9.17) is 4.99 Å².